The minimum Gasteiger partial charge on any atom is -0.451 e. The van der Waals surface area contributed by atoms with Crippen molar-refractivity contribution in [2.24, 2.45) is 5.92 Å². The summed E-state index contributed by atoms with van der Waals surface area (Å²) >= 11 is 5.88. The molecule has 1 amide bonds. The lowest BCUT2D eigenvalue weighted by Gasteiger charge is -1.99. The SMILES string of the molecule is O=C(NCC1CC1)c1cc2cc(Cl)ccc2o1. The van der Waals surface area contributed by atoms with Crippen LogP contribution in [-0.4, -0.2) is 12.5 Å². The molecule has 1 fully saturated rings. The number of fused-ring (bicyclic) bond motifs is 1. The first-order chi connectivity index (χ1) is 8.22. The van der Waals surface area contributed by atoms with Crippen LogP contribution in [0.25, 0.3) is 11.0 Å². The molecule has 4 heteroatoms. The Morgan fingerprint density at radius 2 is 2.24 bits per heavy atom. The number of nitrogens with one attached hydrogen (secondary N) is 1. The van der Waals surface area contributed by atoms with Gasteiger partial charge in [-0.15, -0.1) is 0 Å². The molecular formula is C13H12ClNO2. The number of halogens is 1. The Labute approximate surface area is 104 Å². The lowest BCUT2D eigenvalue weighted by molar-refractivity contribution is 0.0926. The Bertz CT molecular complexity index is 572. The Hall–Kier alpha value is -1.48. The highest BCUT2D eigenvalue weighted by molar-refractivity contribution is 6.31. The highest BCUT2D eigenvalue weighted by Crippen LogP contribution is 2.28. The third-order valence-electron chi connectivity index (χ3n) is 2.95. The molecule has 0 aliphatic heterocycles. The molecule has 1 aliphatic rings. The topological polar surface area (TPSA) is 42.2 Å². The third kappa shape index (κ3) is 2.29. The molecule has 0 radical (unpaired) electrons. The van der Waals surface area contributed by atoms with Gasteiger partial charge < -0.3 is 9.73 Å². The van der Waals surface area contributed by atoms with Crippen molar-refractivity contribution >= 4 is 28.5 Å². The monoisotopic (exact) mass is 249 g/mol. The molecule has 88 valence electrons. The van der Waals surface area contributed by atoms with Gasteiger partial charge in [-0.2, -0.15) is 0 Å². The number of hydrogen-bond acceptors (Lipinski definition) is 2. The van der Waals surface area contributed by atoms with E-state index in [-0.39, 0.29) is 5.91 Å². The minimum atomic E-state index is -0.149. The lowest BCUT2D eigenvalue weighted by atomic mass is 10.2. The van der Waals surface area contributed by atoms with Gasteiger partial charge in [0, 0.05) is 17.0 Å². The molecule has 2 aromatic rings. The number of amides is 1. The maximum absolute atomic E-state index is 11.8. The third-order valence-corrected chi connectivity index (χ3v) is 3.19. The molecule has 1 saturated carbocycles. The molecule has 17 heavy (non-hydrogen) atoms. The first-order valence-corrected chi connectivity index (χ1v) is 6.07. The molecule has 0 unspecified atom stereocenters. The van der Waals surface area contributed by atoms with Gasteiger partial charge in [-0.1, -0.05) is 11.6 Å². The standard InChI is InChI=1S/C13H12ClNO2/c14-10-3-4-11-9(5-10)6-12(17-11)13(16)15-7-8-1-2-8/h3-6,8H,1-2,7H2,(H,15,16). The number of carbonyl (C=O) groups is 1. The van der Waals surface area contributed by atoms with Crippen LogP contribution >= 0.6 is 11.6 Å². The van der Waals surface area contributed by atoms with Crippen LogP contribution in [0.3, 0.4) is 0 Å². The fraction of sp³-hybridized carbons (Fsp3) is 0.308. The molecule has 1 aliphatic carbocycles. The van der Waals surface area contributed by atoms with E-state index in [9.17, 15) is 4.79 Å². The molecule has 0 saturated heterocycles. The summed E-state index contributed by atoms with van der Waals surface area (Å²) in [7, 11) is 0. The average molecular weight is 250 g/mol. The second-order valence-electron chi connectivity index (χ2n) is 4.45. The van der Waals surface area contributed by atoms with Gasteiger partial charge in [0.15, 0.2) is 5.76 Å². The van der Waals surface area contributed by atoms with Crippen molar-refractivity contribution in [3.8, 4) is 0 Å². The van der Waals surface area contributed by atoms with Crippen LogP contribution in [0.4, 0.5) is 0 Å². The highest BCUT2D eigenvalue weighted by atomic mass is 35.5. The first kappa shape index (κ1) is 10.7. The van der Waals surface area contributed by atoms with Crippen LogP contribution in [0.2, 0.25) is 5.02 Å². The second-order valence-corrected chi connectivity index (χ2v) is 4.88. The summed E-state index contributed by atoms with van der Waals surface area (Å²) in [5, 5.41) is 4.37. The van der Waals surface area contributed by atoms with Crippen molar-refractivity contribution in [2.45, 2.75) is 12.8 Å². The summed E-state index contributed by atoms with van der Waals surface area (Å²) in [5.41, 5.74) is 0.686. The fourth-order valence-corrected chi connectivity index (χ4v) is 1.95. The summed E-state index contributed by atoms with van der Waals surface area (Å²) < 4.78 is 5.47. The van der Waals surface area contributed by atoms with Crippen LogP contribution in [0.5, 0.6) is 0 Å². The van der Waals surface area contributed by atoms with Crippen molar-refractivity contribution < 1.29 is 9.21 Å². The van der Waals surface area contributed by atoms with E-state index < -0.39 is 0 Å². The highest BCUT2D eigenvalue weighted by Gasteiger charge is 2.22. The van der Waals surface area contributed by atoms with E-state index in [1.165, 1.54) is 12.8 Å². The molecule has 3 nitrogen and oxygen atoms in total. The zero-order valence-electron chi connectivity index (χ0n) is 9.20. The Morgan fingerprint density at radius 3 is 3.00 bits per heavy atom. The van der Waals surface area contributed by atoms with Gasteiger partial charge in [-0.05, 0) is 43.0 Å². The van der Waals surface area contributed by atoms with E-state index in [4.69, 9.17) is 16.0 Å². The molecule has 1 aromatic carbocycles. The summed E-state index contributed by atoms with van der Waals surface area (Å²) in [6.07, 6.45) is 2.44. The van der Waals surface area contributed by atoms with E-state index in [1.807, 2.05) is 0 Å². The smallest absolute Gasteiger partial charge is 0.287 e. The van der Waals surface area contributed by atoms with E-state index in [0.717, 1.165) is 11.9 Å². The van der Waals surface area contributed by atoms with Gasteiger partial charge in [-0.3, -0.25) is 4.79 Å². The minimum absolute atomic E-state index is 0.149. The molecule has 1 aromatic heterocycles. The number of benzene rings is 1. The van der Waals surface area contributed by atoms with E-state index >= 15 is 0 Å². The molecule has 0 spiro atoms. The lowest BCUT2D eigenvalue weighted by Crippen LogP contribution is -2.24. The van der Waals surface area contributed by atoms with E-state index in [1.54, 1.807) is 24.3 Å². The zero-order chi connectivity index (χ0) is 11.8. The van der Waals surface area contributed by atoms with Crippen molar-refractivity contribution in [3.63, 3.8) is 0 Å². The largest absolute Gasteiger partial charge is 0.451 e. The molecule has 0 bridgehead atoms. The van der Waals surface area contributed by atoms with Crippen LogP contribution in [-0.2, 0) is 0 Å². The predicted octanol–water partition coefficient (Wildman–Crippen LogP) is 3.23. The van der Waals surface area contributed by atoms with Gasteiger partial charge in [0.2, 0.25) is 0 Å². The van der Waals surface area contributed by atoms with Gasteiger partial charge in [0.1, 0.15) is 5.58 Å². The number of furan rings is 1. The Kier molecular flexibility index (Phi) is 2.56. The molecule has 0 atom stereocenters. The predicted molar refractivity (Wildman–Crippen MR) is 66.3 cm³/mol. The quantitative estimate of drug-likeness (QED) is 0.908. The summed E-state index contributed by atoms with van der Waals surface area (Å²) in [4.78, 5) is 11.8. The van der Waals surface area contributed by atoms with Gasteiger partial charge >= 0.3 is 0 Å². The average Bonchev–Trinajstić information content (AvgIpc) is 3.04. The van der Waals surface area contributed by atoms with Crippen LogP contribution in [0.1, 0.15) is 23.4 Å². The zero-order valence-corrected chi connectivity index (χ0v) is 9.96. The van der Waals surface area contributed by atoms with Crippen LogP contribution < -0.4 is 5.32 Å². The normalized spacial score (nSPS) is 15.1. The molecule has 3 rings (SSSR count). The van der Waals surface area contributed by atoms with Gasteiger partial charge in [-0.25, -0.2) is 0 Å². The second kappa shape index (κ2) is 4.08. The van der Waals surface area contributed by atoms with Crippen molar-refractivity contribution in [2.75, 3.05) is 6.54 Å². The van der Waals surface area contributed by atoms with Crippen LogP contribution in [0, 0.1) is 5.92 Å². The number of rotatable bonds is 3. The van der Waals surface area contributed by atoms with E-state index in [0.29, 0.717) is 22.3 Å². The maximum Gasteiger partial charge on any atom is 0.287 e. The number of hydrogen-bond donors (Lipinski definition) is 1. The number of carbonyl (C=O) groups excluding carboxylic acids is 1. The van der Waals surface area contributed by atoms with Crippen molar-refractivity contribution in [3.05, 3.63) is 35.0 Å². The van der Waals surface area contributed by atoms with Gasteiger partial charge in [0.05, 0.1) is 0 Å². The molecule has 1 N–H and O–H groups in total. The molecular weight excluding hydrogens is 238 g/mol. The summed E-state index contributed by atoms with van der Waals surface area (Å²) in [6.45, 7) is 0.747. The first-order valence-electron chi connectivity index (χ1n) is 5.70. The summed E-state index contributed by atoms with van der Waals surface area (Å²) in [5.74, 6) is 0.866. The van der Waals surface area contributed by atoms with Crippen molar-refractivity contribution in [1.29, 1.82) is 0 Å². The van der Waals surface area contributed by atoms with Crippen molar-refractivity contribution in [1.82, 2.24) is 5.32 Å². The Morgan fingerprint density at radius 1 is 1.41 bits per heavy atom. The fourth-order valence-electron chi connectivity index (χ4n) is 1.77. The van der Waals surface area contributed by atoms with Crippen LogP contribution in [0.15, 0.2) is 28.7 Å². The van der Waals surface area contributed by atoms with E-state index in [2.05, 4.69) is 5.32 Å². The Balaban J connectivity index is 1.81. The maximum atomic E-state index is 11.8. The van der Waals surface area contributed by atoms with Gasteiger partial charge in [0.25, 0.3) is 5.91 Å². The molecule has 1 heterocycles. The summed E-state index contributed by atoms with van der Waals surface area (Å²) in [6, 6.07) is 7.04.